The number of rotatable bonds is 10. The van der Waals surface area contributed by atoms with Crippen LogP contribution in [-0.4, -0.2) is 30.1 Å². The van der Waals surface area contributed by atoms with Gasteiger partial charge < -0.3 is 14.6 Å². The van der Waals surface area contributed by atoms with E-state index in [2.05, 4.69) is 6.92 Å². The maximum absolute atomic E-state index is 10.8. The molecule has 5 heteroatoms. The molecule has 3 unspecified atom stereocenters. The van der Waals surface area contributed by atoms with Gasteiger partial charge in [0, 0.05) is 0 Å². The summed E-state index contributed by atoms with van der Waals surface area (Å²) in [5, 5.41) is 17.3. The maximum atomic E-state index is 10.8. The van der Waals surface area contributed by atoms with Crippen LogP contribution in [0.2, 0.25) is 0 Å². The van der Waals surface area contributed by atoms with Gasteiger partial charge in [-0.2, -0.15) is 5.26 Å². The number of carbonyl (C=O) groups is 1. The van der Waals surface area contributed by atoms with E-state index in [1.807, 2.05) is 13.0 Å². The van der Waals surface area contributed by atoms with Crippen molar-refractivity contribution < 1.29 is 19.4 Å². The summed E-state index contributed by atoms with van der Waals surface area (Å²) in [6, 6.07) is 2.00. The predicted molar refractivity (Wildman–Crippen MR) is 71.8 cm³/mol. The van der Waals surface area contributed by atoms with E-state index in [0.29, 0.717) is 13.0 Å². The highest BCUT2D eigenvalue weighted by molar-refractivity contribution is 5.57. The molecule has 1 N–H and O–H groups in total. The zero-order chi connectivity index (χ0) is 14.7. The minimum atomic E-state index is -1.27. The van der Waals surface area contributed by atoms with Gasteiger partial charge in [-0.05, 0) is 25.7 Å². The number of ether oxygens (including phenoxy) is 2. The van der Waals surface area contributed by atoms with Crippen LogP contribution in [0.4, 0.5) is 4.79 Å². The van der Waals surface area contributed by atoms with Crippen LogP contribution in [0, 0.1) is 17.2 Å². The van der Waals surface area contributed by atoms with Crippen molar-refractivity contribution in [2.75, 3.05) is 6.61 Å². The molecule has 5 nitrogen and oxygen atoms in total. The number of nitrogens with zero attached hydrogens (tertiary/aromatic N) is 1. The maximum Gasteiger partial charge on any atom is 0.506 e. The summed E-state index contributed by atoms with van der Waals surface area (Å²) < 4.78 is 10.5. The normalized spacial score (nSPS) is 15.3. The SMILES string of the molecule is CCCCC(CC)C(OC(=O)O)C(C)OCCC#N. The average Bonchev–Trinajstić information content (AvgIpc) is 2.38. The molecular formula is C14H25NO4. The molecule has 0 fully saturated rings. The summed E-state index contributed by atoms with van der Waals surface area (Å²) in [6.45, 7) is 6.24. The third kappa shape index (κ3) is 7.68. The lowest BCUT2D eigenvalue weighted by Crippen LogP contribution is -2.37. The molecule has 110 valence electrons. The van der Waals surface area contributed by atoms with Gasteiger partial charge in [-0.15, -0.1) is 0 Å². The Labute approximate surface area is 115 Å². The first-order valence-electron chi connectivity index (χ1n) is 6.94. The van der Waals surface area contributed by atoms with E-state index in [1.165, 1.54) is 0 Å². The second kappa shape index (κ2) is 10.6. The van der Waals surface area contributed by atoms with Gasteiger partial charge in [0.25, 0.3) is 0 Å². The van der Waals surface area contributed by atoms with E-state index in [0.717, 1.165) is 25.7 Å². The summed E-state index contributed by atoms with van der Waals surface area (Å²) in [5.74, 6) is 0.160. The van der Waals surface area contributed by atoms with E-state index in [9.17, 15) is 4.79 Å². The van der Waals surface area contributed by atoms with Crippen LogP contribution in [-0.2, 0) is 9.47 Å². The number of unbranched alkanes of at least 4 members (excludes halogenated alkanes) is 1. The third-order valence-corrected chi connectivity index (χ3v) is 3.21. The lowest BCUT2D eigenvalue weighted by Gasteiger charge is -2.29. The molecule has 0 aromatic heterocycles. The summed E-state index contributed by atoms with van der Waals surface area (Å²) in [6.07, 6.45) is 2.13. The molecule has 0 amide bonds. The van der Waals surface area contributed by atoms with Crippen molar-refractivity contribution in [3.05, 3.63) is 0 Å². The van der Waals surface area contributed by atoms with Gasteiger partial charge in [-0.3, -0.25) is 0 Å². The van der Waals surface area contributed by atoms with Gasteiger partial charge >= 0.3 is 6.16 Å². The Balaban J connectivity index is 4.56. The van der Waals surface area contributed by atoms with Crippen molar-refractivity contribution in [3.8, 4) is 6.07 Å². The van der Waals surface area contributed by atoms with Gasteiger partial charge in [-0.1, -0.05) is 26.7 Å². The van der Waals surface area contributed by atoms with Gasteiger partial charge in [0.15, 0.2) is 0 Å². The Morgan fingerprint density at radius 3 is 2.58 bits per heavy atom. The molecule has 0 radical (unpaired) electrons. The van der Waals surface area contributed by atoms with Crippen molar-refractivity contribution in [2.45, 2.75) is 65.1 Å². The number of carboxylic acid groups (broad SMARTS) is 1. The molecule has 0 bridgehead atoms. The third-order valence-electron chi connectivity index (χ3n) is 3.21. The zero-order valence-electron chi connectivity index (χ0n) is 12.1. The fraction of sp³-hybridized carbons (Fsp3) is 0.857. The average molecular weight is 271 g/mol. The summed E-state index contributed by atoms with van der Waals surface area (Å²) in [7, 11) is 0. The molecule has 0 saturated carbocycles. The fourth-order valence-electron chi connectivity index (χ4n) is 2.14. The van der Waals surface area contributed by atoms with Crippen LogP contribution in [0.25, 0.3) is 0 Å². The van der Waals surface area contributed by atoms with Gasteiger partial charge in [0.05, 0.1) is 25.2 Å². The number of nitriles is 1. The Hall–Kier alpha value is -1.28. The summed E-state index contributed by atoms with van der Waals surface area (Å²) in [4.78, 5) is 10.8. The molecule has 0 saturated heterocycles. The first-order valence-corrected chi connectivity index (χ1v) is 6.94. The van der Waals surface area contributed by atoms with E-state index in [4.69, 9.17) is 19.8 Å². The highest BCUT2D eigenvalue weighted by Crippen LogP contribution is 2.23. The van der Waals surface area contributed by atoms with E-state index in [1.54, 1.807) is 6.92 Å². The largest absolute Gasteiger partial charge is 0.506 e. The molecule has 3 atom stereocenters. The highest BCUT2D eigenvalue weighted by atomic mass is 16.7. The molecule has 0 aliphatic heterocycles. The fourth-order valence-corrected chi connectivity index (χ4v) is 2.14. The van der Waals surface area contributed by atoms with E-state index in [-0.39, 0.29) is 12.0 Å². The number of hydrogen-bond donors (Lipinski definition) is 1. The smallest absolute Gasteiger partial charge is 0.450 e. The van der Waals surface area contributed by atoms with Gasteiger partial charge in [-0.25, -0.2) is 4.79 Å². The molecular weight excluding hydrogens is 246 g/mol. The van der Waals surface area contributed by atoms with Crippen LogP contribution in [0.1, 0.15) is 52.9 Å². The minimum Gasteiger partial charge on any atom is -0.450 e. The van der Waals surface area contributed by atoms with Crippen LogP contribution >= 0.6 is 0 Å². The van der Waals surface area contributed by atoms with Crippen molar-refractivity contribution >= 4 is 6.16 Å². The van der Waals surface area contributed by atoms with Crippen molar-refractivity contribution in [3.63, 3.8) is 0 Å². The van der Waals surface area contributed by atoms with Crippen LogP contribution in [0.3, 0.4) is 0 Å². The van der Waals surface area contributed by atoms with Crippen LogP contribution in [0.5, 0.6) is 0 Å². The number of hydrogen-bond acceptors (Lipinski definition) is 4. The quantitative estimate of drug-likeness (QED) is 0.485. The van der Waals surface area contributed by atoms with Gasteiger partial charge in [0.2, 0.25) is 0 Å². The van der Waals surface area contributed by atoms with Crippen molar-refractivity contribution in [2.24, 2.45) is 5.92 Å². The molecule has 0 aliphatic carbocycles. The van der Waals surface area contributed by atoms with Gasteiger partial charge in [0.1, 0.15) is 6.10 Å². The van der Waals surface area contributed by atoms with Crippen LogP contribution < -0.4 is 0 Å². The Bertz CT molecular complexity index is 288. The molecule has 0 aromatic rings. The molecule has 19 heavy (non-hydrogen) atoms. The molecule has 0 heterocycles. The summed E-state index contributed by atoms with van der Waals surface area (Å²) in [5.41, 5.74) is 0. The molecule has 0 rings (SSSR count). The second-order valence-corrected chi connectivity index (χ2v) is 4.64. The Morgan fingerprint density at radius 1 is 1.42 bits per heavy atom. The molecule has 0 aromatic carbocycles. The second-order valence-electron chi connectivity index (χ2n) is 4.64. The predicted octanol–water partition coefficient (Wildman–Crippen LogP) is 3.58. The monoisotopic (exact) mass is 271 g/mol. The minimum absolute atomic E-state index is 0.160. The van der Waals surface area contributed by atoms with Crippen molar-refractivity contribution in [1.29, 1.82) is 5.26 Å². The molecule has 0 spiro atoms. The molecule has 0 aliphatic rings. The van der Waals surface area contributed by atoms with Crippen molar-refractivity contribution in [1.82, 2.24) is 0 Å². The highest BCUT2D eigenvalue weighted by Gasteiger charge is 2.29. The van der Waals surface area contributed by atoms with E-state index >= 15 is 0 Å². The Morgan fingerprint density at radius 2 is 2.11 bits per heavy atom. The standard InChI is InChI=1S/C14H25NO4/c1-4-6-8-12(5-2)13(19-14(16)17)11(3)18-10-7-9-15/h11-13H,4-8,10H2,1-3H3,(H,16,17). The lowest BCUT2D eigenvalue weighted by molar-refractivity contribution is -0.0725. The summed E-state index contributed by atoms with van der Waals surface area (Å²) >= 11 is 0. The zero-order valence-corrected chi connectivity index (χ0v) is 12.1. The first kappa shape index (κ1) is 17.7. The topological polar surface area (TPSA) is 79.6 Å². The Kier molecular flexibility index (Phi) is 9.91. The first-order chi connectivity index (χ1) is 9.06. The van der Waals surface area contributed by atoms with Crippen LogP contribution in [0.15, 0.2) is 0 Å². The van der Waals surface area contributed by atoms with E-state index < -0.39 is 12.3 Å². The lowest BCUT2D eigenvalue weighted by atomic mass is 9.90.